The van der Waals surface area contributed by atoms with E-state index in [9.17, 15) is 4.79 Å². The van der Waals surface area contributed by atoms with Crippen molar-refractivity contribution in [1.82, 2.24) is 4.90 Å². The van der Waals surface area contributed by atoms with Crippen LogP contribution in [0, 0.1) is 5.92 Å². The lowest BCUT2D eigenvalue weighted by Gasteiger charge is -2.12. The summed E-state index contributed by atoms with van der Waals surface area (Å²) in [5.41, 5.74) is 2.03. The Morgan fingerprint density at radius 3 is 2.90 bits per heavy atom. The van der Waals surface area contributed by atoms with Crippen LogP contribution in [0.3, 0.4) is 0 Å². The highest BCUT2D eigenvalue weighted by molar-refractivity contribution is 5.90. The molecule has 20 heavy (non-hydrogen) atoms. The fourth-order valence-electron chi connectivity index (χ4n) is 3.01. The Labute approximate surface area is 118 Å². The van der Waals surface area contributed by atoms with Crippen LogP contribution in [0.2, 0.25) is 0 Å². The van der Waals surface area contributed by atoms with E-state index in [0.717, 1.165) is 13.1 Å². The van der Waals surface area contributed by atoms with Gasteiger partial charge in [-0.15, -0.1) is 0 Å². The maximum atomic E-state index is 11.2. The average molecular weight is 274 g/mol. The van der Waals surface area contributed by atoms with Gasteiger partial charge in [0.05, 0.1) is 18.2 Å². The number of piperidine rings is 1. The van der Waals surface area contributed by atoms with Crippen LogP contribution in [0.25, 0.3) is 0 Å². The average Bonchev–Trinajstić information content (AvgIpc) is 3.02. The molecular formula is C15H20N3O2+. The largest absolute Gasteiger partial charge is 0.323 e. The molecule has 1 N–H and O–H groups in total. The molecule has 0 radical (unpaired) electrons. The smallest absolute Gasteiger partial charge is 0.226 e. The standard InChI is InChI=1S/C15H19N3O2/c1-11(19)16-13-5-3-4-6-15(13)20-17(2)14-10-18-8-7-12(14)9-18/h3-6,12H,7-10H2,1-2H3/p+1. The van der Waals surface area contributed by atoms with Gasteiger partial charge < -0.3 is 5.32 Å². The first-order chi connectivity index (χ1) is 9.63. The van der Waals surface area contributed by atoms with E-state index in [1.165, 1.54) is 25.6 Å². The van der Waals surface area contributed by atoms with Crippen molar-refractivity contribution in [3.8, 4) is 5.75 Å². The second-order valence-electron chi connectivity index (χ2n) is 5.48. The Morgan fingerprint density at radius 2 is 2.25 bits per heavy atom. The van der Waals surface area contributed by atoms with Crippen LogP contribution < -0.4 is 10.2 Å². The minimum absolute atomic E-state index is 0.0950. The van der Waals surface area contributed by atoms with Gasteiger partial charge >= 0.3 is 0 Å². The molecule has 2 bridgehead atoms. The van der Waals surface area contributed by atoms with Gasteiger partial charge in [0.25, 0.3) is 0 Å². The second kappa shape index (κ2) is 5.25. The van der Waals surface area contributed by atoms with E-state index in [0.29, 0.717) is 17.4 Å². The van der Waals surface area contributed by atoms with Crippen LogP contribution in [0.5, 0.6) is 5.75 Å². The first kappa shape index (κ1) is 13.1. The summed E-state index contributed by atoms with van der Waals surface area (Å²) < 4.78 is 1.87. The van der Waals surface area contributed by atoms with Gasteiger partial charge in [0.2, 0.25) is 17.4 Å². The number of anilines is 1. The fraction of sp³-hybridized carbons (Fsp3) is 0.467. The molecule has 0 spiro atoms. The van der Waals surface area contributed by atoms with Crippen molar-refractivity contribution in [2.45, 2.75) is 13.3 Å². The van der Waals surface area contributed by atoms with E-state index < -0.39 is 0 Å². The zero-order chi connectivity index (χ0) is 14.1. The molecule has 2 atom stereocenters. The van der Waals surface area contributed by atoms with Gasteiger partial charge in [-0.05, 0) is 29.8 Å². The molecular weight excluding hydrogens is 254 g/mol. The van der Waals surface area contributed by atoms with Crippen LogP contribution in [0.1, 0.15) is 13.3 Å². The quantitative estimate of drug-likeness (QED) is 0.668. The minimum atomic E-state index is -0.0950. The third-order valence-electron chi connectivity index (χ3n) is 3.97. The Hall–Kier alpha value is -1.88. The molecule has 0 saturated carbocycles. The number of hydrogen-bond donors (Lipinski definition) is 1. The maximum absolute atomic E-state index is 11.2. The molecule has 106 valence electrons. The lowest BCUT2D eigenvalue weighted by molar-refractivity contribution is -0.724. The summed E-state index contributed by atoms with van der Waals surface area (Å²) in [7, 11) is 1.95. The molecule has 2 aliphatic rings. The van der Waals surface area contributed by atoms with Crippen LogP contribution in [-0.4, -0.2) is 47.9 Å². The van der Waals surface area contributed by atoms with Gasteiger partial charge in [0, 0.05) is 13.5 Å². The molecule has 2 fully saturated rings. The monoisotopic (exact) mass is 274 g/mol. The highest BCUT2D eigenvalue weighted by Crippen LogP contribution is 2.27. The Balaban J connectivity index is 1.81. The number of para-hydroxylation sites is 2. The molecule has 2 unspecified atom stereocenters. The summed E-state index contributed by atoms with van der Waals surface area (Å²) >= 11 is 0. The predicted molar refractivity (Wildman–Crippen MR) is 77.1 cm³/mol. The normalized spacial score (nSPS) is 26.5. The van der Waals surface area contributed by atoms with Crippen LogP contribution >= 0.6 is 0 Å². The van der Waals surface area contributed by atoms with Gasteiger partial charge in [-0.2, -0.15) is 0 Å². The molecule has 3 rings (SSSR count). The number of benzene rings is 1. The predicted octanol–water partition coefficient (Wildman–Crippen LogP) is 1.36. The molecule has 2 aliphatic heterocycles. The Morgan fingerprint density at radius 1 is 1.45 bits per heavy atom. The van der Waals surface area contributed by atoms with E-state index >= 15 is 0 Å². The van der Waals surface area contributed by atoms with Crippen molar-refractivity contribution in [2.75, 3.05) is 32.0 Å². The van der Waals surface area contributed by atoms with Gasteiger partial charge in [-0.25, -0.2) is 4.84 Å². The van der Waals surface area contributed by atoms with Gasteiger partial charge in [-0.1, -0.05) is 12.1 Å². The van der Waals surface area contributed by atoms with Crippen molar-refractivity contribution >= 4 is 17.3 Å². The number of fused-ring (bicyclic) bond motifs is 2. The lowest BCUT2D eigenvalue weighted by atomic mass is 10.0. The molecule has 0 aliphatic carbocycles. The van der Waals surface area contributed by atoms with Gasteiger partial charge in [0.1, 0.15) is 0 Å². The van der Waals surface area contributed by atoms with E-state index in [-0.39, 0.29) is 5.91 Å². The van der Waals surface area contributed by atoms with E-state index in [2.05, 4.69) is 10.2 Å². The van der Waals surface area contributed by atoms with Gasteiger partial charge in [-0.3, -0.25) is 9.69 Å². The van der Waals surface area contributed by atoms with E-state index in [4.69, 9.17) is 4.84 Å². The summed E-state index contributed by atoms with van der Waals surface area (Å²) in [6.07, 6.45) is 1.22. The number of nitrogens with one attached hydrogen (secondary N) is 1. The molecule has 1 amide bonds. The van der Waals surface area contributed by atoms with E-state index in [1.54, 1.807) is 0 Å². The van der Waals surface area contributed by atoms with Gasteiger partial charge in [0.15, 0.2) is 7.05 Å². The van der Waals surface area contributed by atoms with Crippen molar-refractivity contribution < 1.29 is 14.4 Å². The summed E-state index contributed by atoms with van der Waals surface area (Å²) in [6.45, 7) is 4.84. The number of nitrogens with zero attached hydrogens (tertiary/aromatic N) is 2. The van der Waals surface area contributed by atoms with E-state index in [1.807, 2.05) is 36.1 Å². The first-order valence-corrected chi connectivity index (χ1v) is 7.00. The maximum Gasteiger partial charge on any atom is 0.226 e. The third kappa shape index (κ3) is 2.54. The van der Waals surface area contributed by atoms with Crippen molar-refractivity contribution in [1.29, 1.82) is 0 Å². The number of carbonyl (C=O) groups is 1. The molecule has 5 nitrogen and oxygen atoms in total. The molecule has 1 aromatic rings. The first-order valence-electron chi connectivity index (χ1n) is 7.00. The van der Waals surface area contributed by atoms with Crippen molar-refractivity contribution in [3.05, 3.63) is 24.3 Å². The molecule has 2 saturated heterocycles. The summed E-state index contributed by atoms with van der Waals surface area (Å²) in [4.78, 5) is 19.6. The Kier molecular flexibility index (Phi) is 3.44. The second-order valence-corrected chi connectivity index (χ2v) is 5.48. The van der Waals surface area contributed by atoms with Crippen LogP contribution in [-0.2, 0) is 4.79 Å². The summed E-state index contributed by atoms with van der Waals surface area (Å²) in [5.74, 6) is 1.20. The minimum Gasteiger partial charge on any atom is -0.323 e. The van der Waals surface area contributed by atoms with Crippen molar-refractivity contribution in [3.63, 3.8) is 0 Å². The number of carbonyl (C=O) groups excluding carboxylic acids is 1. The van der Waals surface area contributed by atoms with Crippen molar-refractivity contribution in [2.24, 2.45) is 5.92 Å². The highest BCUT2D eigenvalue weighted by atomic mass is 16.7. The zero-order valence-corrected chi connectivity index (χ0v) is 11.9. The topological polar surface area (TPSA) is 44.6 Å². The lowest BCUT2D eigenvalue weighted by Crippen LogP contribution is -2.32. The van der Waals surface area contributed by atoms with Crippen LogP contribution in [0.4, 0.5) is 5.69 Å². The molecule has 2 heterocycles. The third-order valence-corrected chi connectivity index (χ3v) is 3.97. The number of hydrogen-bond acceptors (Lipinski definition) is 3. The molecule has 0 aromatic heterocycles. The molecule has 1 aromatic carbocycles. The SMILES string of the molecule is CC(=O)Nc1ccccc1O[N+](C)=C1CN2CCC1C2. The molecule has 5 heteroatoms. The summed E-state index contributed by atoms with van der Waals surface area (Å²) in [5, 5.41) is 2.79. The highest BCUT2D eigenvalue weighted by Gasteiger charge is 2.41. The zero-order valence-electron chi connectivity index (χ0n) is 11.9. The number of hydroxylamine groups is 1. The fourth-order valence-corrected chi connectivity index (χ4v) is 3.01. The van der Waals surface area contributed by atoms with Crippen LogP contribution in [0.15, 0.2) is 24.3 Å². The number of rotatable bonds is 3. The summed E-state index contributed by atoms with van der Waals surface area (Å²) in [6, 6.07) is 7.51. The Bertz CT molecular complexity index is 568. The number of amides is 1.